The molecule has 0 saturated heterocycles. The van der Waals surface area contributed by atoms with Crippen molar-refractivity contribution in [3.63, 3.8) is 0 Å². The summed E-state index contributed by atoms with van der Waals surface area (Å²) in [7, 11) is 3.71. The van der Waals surface area contributed by atoms with Crippen molar-refractivity contribution in [2.45, 2.75) is 19.4 Å². The Bertz CT molecular complexity index is 1750. The zero-order valence-electron chi connectivity index (χ0n) is 23.8. The largest absolute Gasteiger partial charge is 0.497 e. The van der Waals surface area contributed by atoms with Crippen molar-refractivity contribution in [1.82, 2.24) is 4.98 Å². The fourth-order valence-corrected chi connectivity index (χ4v) is 6.42. The van der Waals surface area contributed by atoms with E-state index in [4.69, 9.17) is 14.5 Å². The maximum atomic E-state index is 11.0. The average molecular weight is 579 g/mol. The van der Waals surface area contributed by atoms with Gasteiger partial charge in [0.15, 0.2) is 10.7 Å². The molecule has 1 aromatic heterocycles. The van der Waals surface area contributed by atoms with E-state index in [1.165, 1.54) is 12.1 Å². The molecule has 9 heteroatoms. The highest BCUT2D eigenvalue weighted by Gasteiger charge is 2.47. The summed E-state index contributed by atoms with van der Waals surface area (Å²) in [5.74, 6) is 1.54. The lowest BCUT2D eigenvalue weighted by molar-refractivity contribution is -0.384. The van der Waals surface area contributed by atoms with Gasteiger partial charge < -0.3 is 19.7 Å². The summed E-state index contributed by atoms with van der Waals surface area (Å²) >= 11 is 1.64. The molecule has 5 aromatic rings. The second-order valence-corrected chi connectivity index (χ2v) is 11.2. The molecule has 1 atom stereocenters. The van der Waals surface area contributed by atoms with Crippen LogP contribution in [0.4, 0.5) is 22.2 Å². The molecule has 1 aliphatic heterocycles. The van der Waals surface area contributed by atoms with Gasteiger partial charge in [-0.1, -0.05) is 41.7 Å². The number of aryl methyl sites for hydroxylation is 1. The summed E-state index contributed by atoms with van der Waals surface area (Å²) in [5.41, 5.74) is 5.60. The van der Waals surface area contributed by atoms with Crippen molar-refractivity contribution in [1.29, 1.82) is 0 Å². The SMILES string of the molecule is CCN(C)c1nc2c(s1)C(c1ccc(Nc3ccc([N+](=O)[O-])cc3)cc1)(c1ccc(OC)cc1)Oc1cc(C)ccc1-2. The molecule has 4 aromatic carbocycles. The Morgan fingerprint density at radius 1 is 0.976 bits per heavy atom. The number of nitrogens with one attached hydrogen (secondary N) is 1. The molecule has 0 radical (unpaired) electrons. The monoisotopic (exact) mass is 578 g/mol. The fraction of sp³-hybridized carbons (Fsp3) is 0.182. The van der Waals surface area contributed by atoms with Crippen molar-refractivity contribution in [3.05, 3.63) is 123 Å². The van der Waals surface area contributed by atoms with Gasteiger partial charge in [0.25, 0.3) is 5.69 Å². The smallest absolute Gasteiger partial charge is 0.269 e. The van der Waals surface area contributed by atoms with E-state index >= 15 is 0 Å². The molecule has 6 rings (SSSR count). The second kappa shape index (κ2) is 10.8. The second-order valence-electron chi connectivity index (χ2n) is 10.2. The Morgan fingerprint density at radius 3 is 2.19 bits per heavy atom. The molecule has 0 spiro atoms. The highest BCUT2D eigenvalue weighted by Crippen LogP contribution is 2.54. The molecule has 212 valence electrons. The standard InChI is InChI=1S/C33H30N4O4S/c1-5-36(3)32-35-30-28-19-6-21(2)20-29(28)41-33(31(30)42-32,23-9-17-27(40-4)18-10-23)22-7-11-24(12-8-22)34-25-13-15-26(16-14-25)37(38)39/h6-20,34H,5H2,1-4H3. The van der Waals surface area contributed by atoms with E-state index in [0.29, 0.717) is 0 Å². The number of anilines is 3. The Hall–Kier alpha value is -4.89. The van der Waals surface area contributed by atoms with Gasteiger partial charge in [0.05, 0.1) is 22.6 Å². The van der Waals surface area contributed by atoms with Gasteiger partial charge >= 0.3 is 0 Å². The van der Waals surface area contributed by atoms with Crippen molar-refractivity contribution in [3.8, 4) is 22.8 Å². The molecular formula is C33H30N4O4S. The molecule has 2 heterocycles. The minimum absolute atomic E-state index is 0.0516. The summed E-state index contributed by atoms with van der Waals surface area (Å²) in [6.45, 7) is 5.00. The first-order valence-corrected chi connectivity index (χ1v) is 14.4. The normalized spacial score (nSPS) is 15.2. The number of hydrogen-bond donors (Lipinski definition) is 1. The Labute approximate surface area is 248 Å². The molecule has 0 fully saturated rings. The van der Waals surface area contributed by atoms with Gasteiger partial charge in [-0.25, -0.2) is 4.98 Å². The Kier molecular flexibility index (Phi) is 7.04. The topological polar surface area (TPSA) is 89.8 Å². The van der Waals surface area contributed by atoms with Crippen LogP contribution in [0.15, 0.2) is 91.0 Å². The van der Waals surface area contributed by atoms with Crippen LogP contribution in [0.25, 0.3) is 11.3 Å². The van der Waals surface area contributed by atoms with Gasteiger partial charge in [-0.05, 0) is 67.9 Å². The van der Waals surface area contributed by atoms with E-state index in [1.807, 2.05) is 24.3 Å². The first-order chi connectivity index (χ1) is 20.3. The van der Waals surface area contributed by atoms with Gasteiger partial charge in [0, 0.05) is 53.8 Å². The number of nitrogens with zero attached hydrogens (tertiary/aromatic N) is 3. The van der Waals surface area contributed by atoms with Crippen molar-refractivity contribution >= 4 is 33.5 Å². The molecule has 42 heavy (non-hydrogen) atoms. The predicted octanol–water partition coefficient (Wildman–Crippen LogP) is 7.92. The van der Waals surface area contributed by atoms with E-state index in [9.17, 15) is 10.1 Å². The maximum absolute atomic E-state index is 11.0. The quantitative estimate of drug-likeness (QED) is 0.148. The fourth-order valence-electron chi connectivity index (χ4n) is 5.14. The van der Waals surface area contributed by atoms with Gasteiger partial charge in [-0.15, -0.1) is 0 Å². The Morgan fingerprint density at radius 2 is 1.60 bits per heavy atom. The number of ether oxygens (including phenoxy) is 2. The summed E-state index contributed by atoms with van der Waals surface area (Å²) in [4.78, 5) is 18.9. The molecule has 1 N–H and O–H groups in total. The summed E-state index contributed by atoms with van der Waals surface area (Å²) in [6.07, 6.45) is 0. The van der Waals surface area contributed by atoms with Crippen LogP contribution >= 0.6 is 11.3 Å². The van der Waals surface area contributed by atoms with Crippen LogP contribution in [0.3, 0.4) is 0 Å². The van der Waals surface area contributed by atoms with E-state index in [2.05, 4.69) is 73.6 Å². The lowest BCUT2D eigenvalue weighted by atomic mass is 9.81. The Balaban J connectivity index is 1.50. The van der Waals surface area contributed by atoms with Crippen LogP contribution in [0.5, 0.6) is 11.5 Å². The third-order valence-corrected chi connectivity index (χ3v) is 8.82. The van der Waals surface area contributed by atoms with Gasteiger partial charge in [-0.2, -0.15) is 0 Å². The summed E-state index contributed by atoms with van der Waals surface area (Å²) < 4.78 is 12.6. The first kappa shape index (κ1) is 27.3. The zero-order valence-corrected chi connectivity index (χ0v) is 24.6. The average Bonchev–Trinajstić information content (AvgIpc) is 3.47. The maximum Gasteiger partial charge on any atom is 0.269 e. The molecular weight excluding hydrogens is 548 g/mol. The molecule has 0 aliphatic carbocycles. The minimum Gasteiger partial charge on any atom is -0.497 e. The van der Waals surface area contributed by atoms with Crippen LogP contribution in [0, 0.1) is 17.0 Å². The number of hydrogen-bond acceptors (Lipinski definition) is 8. The number of non-ortho nitro benzene ring substituents is 1. The highest BCUT2D eigenvalue weighted by molar-refractivity contribution is 7.16. The van der Waals surface area contributed by atoms with Crippen LogP contribution < -0.4 is 19.7 Å². The number of fused-ring (bicyclic) bond motifs is 3. The zero-order chi connectivity index (χ0) is 29.4. The first-order valence-electron chi connectivity index (χ1n) is 13.6. The number of nitro groups is 1. The number of benzene rings is 4. The molecule has 0 saturated carbocycles. The van der Waals surface area contributed by atoms with Crippen molar-refractivity contribution in [2.75, 3.05) is 30.9 Å². The van der Waals surface area contributed by atoms with Crippen LogP contribution in [0.2, 0.25) is 0 Å². The molecule has 1 aliphatic rings. The van der Waals surface area contributed by atoms with Crippen molar-refractivity contribution in [2.24, 2.45) is 0 Å². The van der Waals surface area contributed by atoms with E-state index < -0.39 is 10.5 Å². The summed E-state index contributed by atoms with van der Waals surface area (Å²) in [6, 6.07) is 28.8. The lowest BCUT2D eigenvalue weighted by Crippen LogP contribution is -2.37. The molecule has 0 amide bonds. The van der Waals surface area contributed by atoms with Gasteiger partial charge in [-0.3, -0.25) is 10.1 Å². The molecule has 8 nitrogen and oxygen atoms in total. The third-order valence-electron chi connectivity index (χ3n) is 7.55. The molecule has 1 unspecified atom stereocenters. The van der Waals surface area contributed by atoms with Gasteiger partial charge in [0.2, 0.25) is 0 Å². The highest BCUT2D eigenvalue weighted by atomic mass is 32.1. The van der Waals surface area contributed by atoms with Crippen LogP contribution in [-0.4, -0.2) is 30.6 Å². The number of aromatic nitrogens is 1. The third kappa shape index (κ3) is 4.71. The minimum atomic E-state index is -0.960. The van der Waals surface area contributed by atoms with E-state index in [1.54, 1.807) is 30.6 Å². The van der Waals surface area contributed by atoms with E-state index in [0.717, 1.165) is 67.4 Å². The van der Waals surface area contributed by atoms with Crippen LogP contribution in [0.1, 0.15) is 28.5 Å². The lowest BCUT2D eigenvalue weighted by Gasteiger charge is -2.39. The van der Waals surface area contributed by atoms with Crippen molar-refractivity contribution < 1.29 is 14.4 Å². The summed E-state index contributed by atoms with van der Waals surface area (Å²) in [5, 5.41) is 15.3. The van der Waals surface area contributed by atoms with E-state index in [-0.39, 0.29) is 5.69 Å². The van der Waals surface area contributed by atoms with Crippen LogP contribution in [-0.2, 0) is 5.60 Å². The number of nitro benzene ring substituents is 1. The molecule has 0 bridgehead atoms. The van der Waals surface area contributed by atoms with Gasteiger partial charge in [0.1, 0.15) is 11.5 Å². The number of thiazole rings is 1. The predicted molar refractivity (Wildman–Crippen MR) is 168 cm³/mol. The number of methoxy groups -OCH3 is 1. The number of rotatable bonds is 8.